The number of amides is 1. The molecule has 2 N–H and O–H groups in total. The number of carbonyl (C=O) groups excluding carboxylic acids is 1. The number of hydrogen-bond donors (Lipinski definition) is 2. The lowest BCUT2D eigenvalue weighted by molar-refractivity contribution is -0.126. The van der Waals surface area contributed by atoms with Crippen LogP contribution in [0.4, 0.5) is 0 Å². The molecule has 6 heteroatoms. The SMILES string of the molecule is CC(C(=O)NCc1ncon1)C1CNC1. The Hall–Kier alpha value is -1.43. The molecule has 1 atom stereocenters. The van der Waals surface area contributed by atoms with Gasteiger partial charge in [0.15, 0.2) is 5.82 Å². The number of nitrogens with one attached hydrogen (secondary N) is 2. The Kier molecular flexibility index (Phi) is 2.96. The van der Waals surface area contributed by atoms with E-state index in [0.29, 0.717) is 18.3 Å². The van der Waals surface area contributed by atoms with Gasteiger partial charge in [0.2, 0.25) is 12.3 Å². The molecule has 1 fully saturated rings. The third-order valence-electron chi connectivity index (χ3n) is 2.76. The van der Waals surface area contributed by atoms with Crippen LogP contribution >= 0.6 is 0 Å². The van der Waals surface area contributed by atoms with Crippen LogP contribution in [0, 0.1) is 11.8 Å². The van der Waals surface area contributed by atoms with Gasteiger partial charge in [-0.2, -0.15) is 4.98 Å². The molecule has 15 heavy (non-hydrogen) atoms. The van der Waals surface area contributed by atoms with Crippen molar-refractivity contribution < 1.29 is 9.32 Å². The molecule has 0 radical (unpaired) electrons. The summed E-state index contributed by atoms with van der Waals surface area (Å²) in [6.45, 7) is 4.13. The largest absolute Gasteiger partial charge is 0.348 e. The quantitative estimate of drug-likeness (QED) is 0.703. The molecule has 1 unspecified atom stereocenters. The zero-order chi connectivity index (χ0) is 10.7. The summed E-state index contributed by atoms with van der Waals surface area (Å²) in [4.78, 5) is 15.5. The van der Waals surface area contributed by atoms with Crippen molar-refractivity contribution in [1.29, 1.82) is 0 Å². The molecule has 2 heterocycles. The number of carbonyl (C=O) groups is 1. The van der Waals surface area contributed by atoms with E-state index < -0.39 is 0 Å². The highest BCUT2D eigenvalue weighted by molar-refractivity contribution is 5.78. The minimum Gasteiger partial charge on any atom is -0.348 e. The molecule has 1 aliphatic rings. The Morgan fingerprint density at radius 1 is 1.80 bits per heavy atom. The molecule has 0 bridgehead atoms. The minimum atomic E-state index is 0.0400. The molecule has 1 saturated heterocycles. The van der Waals surface area contributed by atoms with Crippen LogP contribution in [0.5, 0.6) is 0 Å². The predicted octanol–water partition coefficient (Wildman–Crippen LogP) is -0.459. The maximum Gasteiger partial charge on any atom is 0.223 e. The zero-order valence-corrected chi connectivity index (χ0v) is 8.56. The summed E-state index contributed by atoms with van der Waals surface area (Å²) >= 11 is 0. The van der Waals surface area contributed by atoms with Crippen molar-refractivity contribution >= 4 is 5.91 Å². The molecule has 6 nitrogen and oxygen atoms in total. The smallest absolute Gasteiger partial charge is 0.223 e. The molecule has 0 aromatic carbocycles. The molecule has 2 rings (SSSR count). The van der Waals surface area contributed by atoms with Gasteiger partial charge in [-0.3, -0.25) is 4.79 Å². The second-order valence-corrected chi connectivity index (χ2v) is 3.77. The van der Waals surface area contributed by atoms with Gasteiger partial charge < -0.3 is 15.2 Å². The van der Waals surface area contributed by atoms with Crippen LogP contribution in [0.2, 0.25) is 0 Å². The Morgan fingerprint density at radius 3 is 3.13 bits per heavy atom. The second kappa shape index (κ2) is 4.39. The number of aromatic nitrogens is 2. The average molecular weight is 210 g/mol. The van der Waals surface area contributed by atoms with Crippen LogP contribution in [0.3, 0.4) is 0 Å². The van der Waals surface area contributed by atoms with Crippen molar-refractivity contribution in [2.24, 2.45) is 11.8 Å². The van der Waals surface area contributed by atoms with Gasteiger partial charge in [-0.15, -0.1) is 0 Å². The summed E-state index contributed by atoms with van der Waals surface area (Å²) in [7, 11) is 0. The topological polar surface area (TPSA) is 80.1 Å². The molecular formula is C9H14N4O2. The Morgan fingerprint density at radius 2 is 2.60 bits per heavy atom. The fourth-order valence-corrected chi connectivity index (χ4v) is 1.48. The molecular weight excluding hydrogens is 196 g/mol. The van der Waals surface area contributed by atoms with Gasteiger partial charge in [-0.1, -0.05) is 12.1 Å². The fourth-order valence-electron chi connectivity index (χ4n) is 1.48. The highest BCUT2D eigenvalue weighted by atomic mass is 16.5. The van der Waals surface area contributed by atoms with E-state index in [1.165, 1.54) is 6.39 Å². The average Bonchev–Trinajstić information content (AvgIpc) is 2.63. The van der Waals surface area contributed by atoms with Crippen molar-refractivity contribution in [2.45, 2.75) is 13.5 Å². The van der Waals surface area contributed by atoms with Crippen molar-refractivity contribution in [1.82, 2.24) is 20.8 Å². The van der Waals surface area contributed by atoms with Gasteiger partial charge in [0.1, 0.15) is 0 Å². The normalized spacial score (nSPS) is 18.2. The molecule has 1 aromatic rings. The van der Waals surface area contributed by atoms with Crippen LogP contribution in [-0.4, -0.2) is 29.1 Å². The van der Waals surface area contributed by atoms with Crippen LogP contribution in [0.1, 0.15) is 12.7 Å². The summed E-state index contributed by atoms with van der Waals surface area (Å²) in [5.74, 6) is 1.04. The maximum atomic E-state index is 11.6. The predicted molar refractivity (Wildman–Crippen MR) is 51.7 cm³/mol. The number of hydrogen-bond acceptors (Lipinski definition) is 5. The first-order valence-corrected chi connectivity index (χ1v) is 5.01. The highest BCUT2D eigenvalue weighted by Gasteiger charge is 2.28. The summed E-state index contributed by atoms with van der Waals surface area (Å²) in [6.07, 6.45) is 1.25. The molecule has 1 aliphatic heterocycles. The van der Waals surface area contributed by atoms with E-state index in [9.17, 15) is 4.79 Å². The van der Waals surface area contributed by atoms with E-state index >= 15 is 0 Å². The van der Waals surface area contributed by atoms with E-state index in [-0.39, 0.29) is 11.8 Å². The standard InChI is InChI=1S/C9H14N4O2/c1-6(7-2-10-3-7)9(14)11-4-8-12-5-15-13-8/h5-7,10H,2-4H2,1H3,(H,11,14). The Balaban J connectivity index is 1.76. The first-order chi connectivity index (χ1) is 7.27. The Labute approximate surface area is 87.4 Å². The van der Waals surface area contributed by atoms with Crippen LogP contribution in [0.15, 0.2) is 10.9 Å². The van der Waals surface area contributed by atoms with E-state index in [4.69, 9.17) is 0 Å². The molecule has 0 aliphatic carbocycles. The third-order valence-corrected chi connectivity index (χ3v) is 2.76. The van der Waals surface area contributed by atoms with E-state index in [2.05, 4.69) is 25.3 Å². The lowest BCUT2D eigenvalue weighted by Gasteiger charge is -2.31. The number of nitrogens with zero attached hydrogens (tertiary/aromatic N) is 2. The summed E-state index contributed by atoms with van der Waals surface area (Å²) < 4.78 is 4.56. The monoisotopic (exact) mass is 210 g/mol. The van der Waals surface area contributed by atoms with E-state index in [1.54, 1.807) is 0 Å². The van der Waals surface area contributed by atoms with Gasteiger partial charge in [0.05, 0.1) is 6.54 Å². The number of rotatable bonds is 4. The first-order valence-electron chi connectivity index (χ1n) is 5.01. The van der Waals surface area contributed by atoms with Gasteiger partial charge in [0.25, 0.3) is 0 Å². The maximum absolute atomic E-state index is 11.6. The third kappa shape index (κ3) is 2.33. The lowest BCUT2D eigenvalue weighted by Crippen LogP contribution is -2.49. The Bertz CT molecular complexity index is 321. The first kappa shape index (κ1) is 10.1. The van der Waals surface area contributed by atoms with Crippen molar-refractivity contribution in [2.75, 3.05) is 13.1 Å². The van der Waals surface area contributed by atoms with Crippen molar-refractivity contribution in [3.8, 4) is 0 Å². The van der Waals surface area contributed by atoms with Gasteiger partial charge in [-0.25, -0.2) is 0 Å². The van der Waals surface area contributed by atoms with Crippen molar-refractivity contribution in [3.63, 3.8) is 0 Å². The second-order valence-electron chi connectivity index (χ2n) is 3.77. The summed E-state index contributed by atoms with van der Waals surface area (Å²) in [5, 5.41) is 9.54. The van der Waals surface area contributed by atoms with Gasteiger partial charge >= 0.3 is 0 Å². The van der Waals surface area contributed by atoms with Crippen LogP contribution in [0.25, 0.3) is 0 Å². The molecule has 1 aromatic heterocycles. The summed E-state index contributed by atoms with van der Waals surface area (Å²) in [5.41, 5.74) is 0. The summed E-state index contributed by atoms with van der Waals surface area (Å²) in [6, 6.07) is 0. The van der Waals surface area contributed by atoms with E-state index in [1.807, 2.05) is 6.92 Å². The molecule has 0 saturated carbocycles. The zero-order valence-electron chi connectivity index (χ0n) is 8.56. The van der Waals surface area contributed by atoms with Gasteiger partial charge in [-0.05, 0) is 19.0 Å². The van der Waals surface area contributed by atoms with Crippen LogP contribution in [-0.2, 0) is 11.3 Å². The van der Waals surface area contributed by atoms with E-state index in [0.717, 1.165) is 13.1 Å². The molecule has 1 amide bonds. The van der Waals surface area contributed by atoms with Crippen LogP contribution < -0.4 is 10.6 Å². The van der Waals surface area contributed by atoms with Crippen molar-refractivity contribution in [3.05, 3.63) is 12.2 Å². The fraction of sp³-hybridized carbons (Fsp3) is 0.667. The van der Waals surface area contributed by atoms with Gasteiger partial charge in [0, 0.05) is 5.92 Å². The molecule has 0 spiro atoms. The molecule has 82 valence electrons. The lowest BCUT2D eigenvalue weighted by atomic mass is 9.88. The highest BCUT2D eigenvalue weighted by Crippen LogP contribution is 2.15. The minimum absolute atomic E-state index is 0.0400.